The minimum Gasteiger partial charge on any atom is -0.496 e. The lowest BCUT2D eigenvalue weighted by Crippen LogP contribution is -2.09. The minimum absolute atomic E-state index is 0.0359. The summed E-state index contributed by atoms with van der Waals surface area (Å²) in [7, 11) is 1.62. The molecular weight excluding hydrogens is 436 g/mol. The normalized spacial score (nSPS) is 13.9. The number of aromatic nitrogens is 4. The molecule has 4 aromatic rings. The van der Waals surface area contributed by atoms with Crippen LogP contribution in [0.4, 0.5) is 10.9 Å². The van der Waals surface area contributed by atoms with Crippen molar-refractivity contribution >= 4 is 32.5 Å². The van der Waals surface area contributed by atoms with Crippen molar-refractivity contribution in [3.05, 3.63) is 54.6 Å². The molecule has 0 amide bonds. The van der Waals surface area contributed by atoms with Crippen LogP contribution in [0.25, 0.3) is 21.5 Å². The van der Waals surface area contributed by atoms with E-state index in [9.17, 15) is 0 Å². The van der Waals surface area contributed by atoms with Gasteiger partial charge < -0.3 is 20.9 Å². The van der Waals surface area contributed by atoms with Gasteiger partial charge in [0.15, 0.2) is 5.13 Å². The molecule has 0 unspecified atom stereocenters. The molecule has 8 nitrogen and oxygen atoms in total. The van der Waals surface area contributed by atoms with Crippen LogP contribution in [-0.4, -0.2) is 38.3 Å². The monoisotopic (exact) mass is 464 g/mol. The first-order valence-electron chi connectivity index (χ1n) is 11.0. The molecule has 1 aliphatic rings. The molecule has 0 aliphatic heterocycles. The molecule has 1 saturated carbocycles. The molecule has 0 bridgehead atoms. The summed E-state index contributed by atoms with van der Waals surface area (Å²) in [5.41, 5.74) is 9.29. The smallest absolute Gasteiger partial charge is 0.181 e. The Balaban J connectivity index is 0.000000318. The number of aliphatic hydroxyl groups excluding tert-OH is 1. The number of thiazole rings is 1. The summed E-state index contributed by atoms with van der Waals surface area (Å²) < 4.78 is 6.44. The van der Waals surface area contributed by atoms with Crippen LogP contribution in [0.15, 0.2) is 49.1 Å². The van der Waals surface area contributed by atoms with Crippen molar-refractivity contribution in [3.63, 3.8) is 0 Å². The van der Waals surface area contributed by atoms with Crippen LogP contribution in [0.3, 0.4) is 0 Å². The highest BCUT2D eigenvalue weighted by Crippen LogP contribution is 2.28. The topological polar surface area (TPSA) is 119 Å². The predicted molar refractivity (Wildman–Crippen MR) is 132 cm³/mol. The van der Waals surface area contributed by atoms with Gasteiger partial charge in [-0.05, 0) is 36.6 Å². The highest BCUT2D eigenvalue weighted by molar-refractivity contribution is 7.22. The fraction of sp³-hybridized carbons (Fsp3) is 0.333. The first kappa shape index (κ1) is 22.9. The van der Waals surface area contributed by atoms with Gasteiger partial charge in [-0.25, -0.2) is 9.97 Å². The second-order valence-electron chi connectivity index (χ2n) is 7.87. The molecule has 3 aromatic heterocycles. The molecule has 1 aliphatic carbocycles. The Labute approximate surface area is 196 Å². The first-order valence-corrected chi connectivity index (χ1v) is 11.8. The Kier molecular flexibility index (Phi) is 7.64. The molecule has 0 saturated heterocycles. The number of ether oxygens (including phenoxy) is 1. The van der Waals surface area contributed by atoms with Gasteiger partial charge in [-0.1, -0.05) is 36.7 Å². The molecule has 1 aromatic carbocycles. The van der Waals surface area contributed by atoms with Crippen LogP contribution in [-0.2, 0) is 6.54 Å². The van der Waals surface area contributed by atoms with Gasteiger partial charge in [0.2, 0.25) is 0 Å². The van der Waals surface area contributed by atoms with Crippen molar-refractivity contribution in [3.8, 4) is 17.0 Å². The number of rotatable bonds is 5. The number of anilines is 2. The van der Waals surface area contributed by atoms with Gasteiger partial charge in [-0.15, -0.1) is 0 Å². The number of aliphatic hydroxyl groups is 1. The van der Waals surface area contributed by atoms with Gasteiger partial charge >= 0.3 is 0 Å². The Bertz CT molecular complexity index is 1190. The minimum atomic E-state index is 0.0359. The third-order valence-corrected chi connectivity index (χ3v) is 6.28. The quantitative estimate of drug-likeness (QED) is 0.390. The summed E-state index contributed by atoms with van der Waals surface area (Å²) in [5.74, 6) is 1.39. The van der Waals surface area contributed by atoms with Crippen LogP contribution in [0.5, 0.6) is 5.75 Å². The van der Waals surface area contributed by atoms with Gasteiger partial charge in [-0.2, -0.15) is 0 Å². The van der Waals surface area contributed by atoms with E-state index in [0.717, 1.165) is 34.2 Å². The maximum Gasteiger partial charge on any atom is 0.181 e. The van der Waals surface area contributed by atoms with Gasteiger partial charge in [0.05, 0.1) is 47.1 Å². The molecule has 33 heavy (non-hydrogen) atoms. The number of nitrogens with one attached hydrogen (secondary N) is 1. The molecule has 3 heterocycles. The zero-order valence-electron chi connectivity index (χ0n) is 18.6. The van der Waals surface area contributed by atoms with Crippen molar-refractivity contribution < 1.29 is 9.84 Å². The maximum absolute atomic E-state index is 8.91. The summed E-state index contributed by atoms with van der Waals surface area (Å²) in [5, 5.41) is 12.8. The Morgan fingerprint density at radius 3 is 2.70 bits per heavy atom. The Morgan fingerprint density at radius 1 is 1.09 bits per heavy atom. The van der Waals surface area contributed by atoms with Crippen molar-refractivity contribution in [2.24, 2.45) is 0 Å². The highest BCUT2D eigenvalue weighted by atomic mass is 32.1. The largest absolute Gasteiger partial charge is 0.496 e. The highest BCUT2D eigenvalue weighted by Gasteiger charge is 2.09. The maximum atomic E-state index is 8.91. The molecule has 5 rings (SSSR count). The molecule has 0 atom stereocenters. The van der Waals surface area contributed by atoms with Crippen LogP contribution in [0, 0.1) is 0 Å². The summed E-state index contributed by atoms with van der Waals surface area (Å²) in [6, 6.07) is 7.88. The third-order valence-electron chi connectivity index (χ3n) is 5.43. The number of nitrogens with zero attached hydrogens (tertiary/aromatic N) is 4. The van der Waals surface area contributed by atoms with Crippen LogP contribution < -0.4 is 15.8 Å². The van der Waals surface area contributed by atoms with Gasteiger partial charge in [0, 0.05) is 18.9 Å². The molecule has 0 spiro atoms. The Hall–Kier alpha value is -3.30. The van der Waals surface area contributed by atoms with E-state index >= 15 is 0 Å². The lowest BCUT2D eigenvalue weighted by molar-refractivity contribution is 0.130. The number of pyridine rings is 1. The number of hydrogen-bond donors (Lipinski definition) is 3. The summed E-state index contributed by atoms with van der Waals surface area (Å²) in [6.45, 7) is 0.621. The first-order chi connectivity index (χ1) is 16.1. The van der Waals surface area contributed by atoms with Crippen molar-refractivity contribution in [2.45, 2.75) is 44.8 Å². The van der Waals surface area contributed by atoms with Crippen molar-refractivity contribution in [2.75, 3.05) is 18.2 Å². The van der Waals surface area contributed by atoms with Gasteiger partial charge in [-0.3, -0.25) is 9.97 Å². The zero-order chi connectivity index (χ0) is 23.0. The lowest BCUT2D eigenvalue weighted by Gasteiger charge is -2.14. The molecule has 172 valence electrons. The third kappa shape index (κ3) is 6.15. The van der Waals surface area contributed by atoms with Crippen LogP contribution in [0.2, 0.25) is 0 Å². The summed E-state index contributed by atoms with van der Waals surface area (Å²) in [4.78, 5) is 17.3. The number of nitrogen functional groups attached to an aromatic ring is 1. The second kappa shape index (κ2) is 11.0. The average Bonchev–Trinajstić information content (AvgIpc) is 3.23. The van der Waals surface area contributed by atoms with Crippen molar-refractivity contribution in [1.82, 2.24) is 19.9 Å². The van der Waals surface area contributed by atoms with Crippen LogP contribution in [0.1, 0.15) is 37.7 Å². The van der Waals surface area contributed by atoms with E-state index in [0.29, 0.717) is 28.9 Å². The van der Waals surface area contributed by atoms with E-state index in [1.807, 2.05) is 12.1 Å². The molecule has 1 fully saturated rings. The number of methoxy groups -OCH3 is 1. The van der Waals surface area contributed by atoms with E-state index in [2.05, 4.69) is 31.3 Å². The average molecular weight is 465 g/mol. The fourth-order valence-corrected chi connectivity index (χ4v) is 4.50. The number of nitrogens with two attached hydrogens (primary N) is 1. The molecular formula is C24H28N6O2S. The zero-order valence-corrected chi connectivity index (χ0v) is 19.4. The second-order valence-corrected chi connectivity index (χ2v) is 8.93. The summed E-state index contributed by atoms with van der Waals surface area (Å²) >= 11 is 1.48. The Morgan fingerprint density at radius 2 is 1.94 bits per heavy atom. The van der Waals surface area contributed by atoms with E-state index in [1.54, 1.807) is 38.0 Å². The molecule has 9 heteroatoms. The predicted octanol–water partition coefficient (Wildman–Crippen LogP) is 4.66. The van der Waals surface area contributed by atoms with E-state index in [-0.39, 0.29) is 6.10 Å². The number of hydrogen-bond acceptors (Lipinski definition) is 9. The van der Waals surface area contributed by atoms with E-state index in [4.69, 9.17) is 15.6 Å². The van der Waals surface area contributed by atoms with Crippen LogP contribution >= 0.6 is 11.3 Å². The standard InChI is InChI=1S/C18H16N6OS.C6H12O/c1-25-15-4-5-20-8-12(15)14-9-21-10-17(23-14)22-7-11-2-3-13-16(6-11)26-18(19)24-13;7-6-4-2-1-3-5-6/h2-6,8-10H,7H2,1H3,(H2,19,24)(H,22,23);6-7H,1-5H2. The van der Waals surface area contributed by atoms with Crippen molar-refractivity contribution in [1.29, 1.82) is 0 Å². The molecule has 4 N–H and O–H groups in total. The van der Waals surface area contributed by atoms with E-state index < -0.39 is 0 Å². The number of fused-ring (bicyclic) bond motifs is 1. The fourth-order valence-electron chi connectivity index (χ4n) is 3.70. The molecule has 0 radical (unpaired) electrons. The number of benzene rings is 1. The van der Waals surface area contributed by atoms with Gasteiger partial charge in [0.1, 0.15) is 11.6 Å². The van der Waals surface area contributed by atoms with Gasteiger partial charge in [0.25, 0.3) is 0 Å². The summed E-state index contributed by atoms with van der Waals surface area (Å²) in [6.07, 6.45) is 12.7. The lowest BCUT2D eigenvalue weighted by atomic mass is 9.98. The SMILES string of the molecule is COc1ccncc1-c1cncc(NCc2ccc3nc(N)sc3c2)n1.OC1CCCCC1. The van der Waals surface area contributed by atoms with E-state index in [1.165, 1.54) is 30.6 Å².